The number of nitrogens with one attached hydrogen (secondary N) is 1. The van der Waals surface area contributed by atoms with Crippen LogP contribution < -0.4 is 5.32 Å². The Morgan fingerprint density at radius 1 is 1.20 bits per heavy atom. The first kappa shape index (κ1) is 17.2. The number of amides is 1. The van der Waals surface area contributed by atoms with Crippen molar-refractivity contribution in [3.05, 3.63) is 81.8 Å². The summed E-state index contributed by atoms with van der Waals surface area (Å²) in [6, 6.07) is 13.6. The number of anilines is 1. The third-order valence-corrected chi connectivity index (χ3v) is 4.34. The number of halogens is 2. The molecule has 3 aromatic rings. The van der Waals surface area contributed by atoms with Gasteiger partial charge < -0.3 is 5.32 Å². The van der Waals surface area contributed by atoms with Crippen LogP contribution in [0.4, 0.5) is 10.2 Å². The molecule has 0 aliphatic carbocycles. The number of carbonyl (C=O) groups excluding carboxylic acids is 1. The molecule has 0 bridgehead atoms. The summed E-state index contributed by atoms with van der Waals surface area (Å²) in [4.78, 5) is 12.4. The van der Waals surface area contributed by atoms with Crippen LogP contribution in [-0.4, -0.2) is 15.7 Å². The van der Waals surface area contributed by atoms with Gasteiger partial charge in [0.05, 0.1) is 6.54 Å². The lowest BCUT2D eigenvalue weighted by Gasteiger charge is -2.08. The number of aryl methyl sites for hydroxylation is 2. The van der Waals surface area contributed by atoms with Gasteiger partial charge in [0.2, 0.25) is 0 Å². The van der Waals surface area contributed by atoms with Crippen LogP contribution in [0.5, 0.6) is 0 Å². The van der Waals surface area contributed by atoms with E-state index in [1.165, 1.54) is 6.07 Å². The normalized spacial score (nSPS) is 10.7. The second kappa shape index (κ2) is 7.07. The molecule has 1 aromatic heterocycles. The molecule has 0 spiro atoms. The molecular weight excluding hydrogens is 341 g/mol. The van der Waals surface area contributed by atoms with Crippen molar-refractivity contribution in [3.8, 4) is 0 Å². The monoisotopic (exact) mass is 357 g/mol. The quantitative estimate of drug-likeness (QED) is 0.742. The maximum atomic E-state index is 14.0. The molecule has 0 saturated carbocycles. The lowest BCUT2D eigenvalue weighted by molar-refractivity contribution is 0.102. The second-order valence-electron chi connectivity index (χ2n) is 5.80. The minimum absolute atomic E-state index is 0.192. The zero-order valence-corrected chi connectivity index (χ0v) is 14.6. The largest absolute Gasteiger partial charge is 0.305 e. The number of hydrogen-bond acceptors (Lipinski definition) is 2. The Morgan fingerprint density at radius 2 is 1.96 bits per heavy atom. The molecule has 0 radical (unpaired) electrons. The lowest BCUT2D eigenvalue weighted by Crippen LogP contribution is -2.14. The smallest absolute Gasteiger partial charge is 0.257 e. The van der Waals surface area contributed by atoms with Gasteiger partial charge >= 0.3 is 0 Å². The van der Waals surface area contributed by atoms with E-state index in [9.17, 15) is 9.18 Å². The predicted octanol–water partition coefficient (Wildman–Crippen LogP) is 4.59. The second-order valence-corrected chi connectivity index (χ2v) is 6.21. The van der Waals surface area contributed by atoms with Crippen LogP contribution in [-0.2, 0) is 6.54 Å². The number of nitrogens with zero attached hydrogens (tertiary/aromatic N) is 2. The topological polar surface area (TPSA) is 46.9 Å². The van der Waals surface area contributed by atoms with Crippen molar-refractivity contribution in [2.24, 2.45) is 0 Å². The summed E-state index contributed by atoms with van der Waals surface area (Å²) in [5.41, 5.74) is 2.63. The van der Waals surface area contributed by atoms with E-state index in [2.05, 4.69) is 10.4 Å². The van der Waals surface area contributed by atoms with Crippen LogP contribution in [0.3, 0.4) is 0 Å². The fourth-order valence-corrected chi connectivity index (χ4v) is 2.80. The molecule has 1 amide bonds. The summed E-state index contributed by atoms with van der Waals surface area (Å²) < 4.78 is 15.6. The van der Waals surface area contributed by atoms with Crippen LogP contribution in [0, 0.1) is 19.7 Å². The maximum Gasteiger partial charge on any atom is 0.257 e. The number of carbonyl (C=O) groups is 1. The van der Waals surface area contributed by atoms with E-state index in [4.69, 9.17) is 11.6 Å². The molecule has 128 valence electrons. The van der Waals surface area contributed by atoms with Crippen molar-refractivity contribution in [1.82, 2.24) is 9.78 Å². The Balaban J connectivity index is 1.81. The molecule has 0 aliphatic heterocycles. The standard InChI is InChI=1S/C19H17ClFN3O/c1-12-6-3-4-7-14(12)19(25)22-18-10-13(2)24(23-18)11-15-16(20)8-5-9-17(15)21/h3-10H,11H2,1-2H3,(H,22,23,25). The summed E-state index contributed by atoms with van der Waals surface area (Å²) in [7, 11) is 0. The van der Waals surface area contributed by atoms with E-state index in [-0.39, 0.29) is 18.3 Å². The highest BCUT2D eigenvalue weighted by Crippen LogP contribution is 2.21. The summed E-state index contributed by atoms with van der Waals surface area (Å²) >= 11 is 6.07. The summed E-state index contributed by atoms with van der Waals surface area (Å²) in [5, 5.41) is 7.47. The third kappa shape index (κ3) is 3.72. The summed E-state index contributed by atoms with van der Waals surface area (Å²) in [6.45, 7) is 3.90. The van der Waals surface area contributed by atoms with E-state index >= 15 is 0 Å². The summed E-state index contributed by atoms with van der Waals surface area (Å²) in [5.74, 6) is -0.196. The molecule has 25 heavy (non-hydrogen) atoms. The SMILES string of the molecule is Cc1ccccc1C(=O)Nc1cc(C)n(Cc2c(F)cccc2Cl)n1. The van der Waals surface area contributed by atoms with Crippen molar-refractivity contribution in [1.29, 1.82) is 0 Å². The van der Waals surface area contributed by atoms with Crippen LogP contribution in [0.2, 0.25) is 5.02 Å². The first-order chi connectivity index (χ1) is 12.0. The molecule has 0 atom stereocenters. The minimum Gasteiger partial charge on any atom is -0.305 e. The molecule has 3 rings (SSSR count). The van der Waals surface area contributed by atoms with Gasteiger partial charge in [-0.2, -0.15) is 5.10 Å². The van der Waals surface area contributed by atoms with Gasteiger partial charge in [-0.05, 0) is 37.6 Å². The van der Waals surface area contributed by atoms with Crippen molar-refractivity contribution in [2.45, 2.75) is 20.4 Å². The molecular formula is C19H17ClFN3O. The average Bonchev–Trinajstić information content (AvgIpc) is 2.90. The molecule has 4 nitrogen and oxygen atoms in total. The van der Waals surface area contributed by atoms with Crippen molar-refractivity contribution in [2.75, 3.05) is 5.32 Å². The fraction of sp³-hybridized carbons (Fsp3) is 0.158. The van der Waals surface area contributed by atoms with Gasteiger partial charge in [0.1, 0.15) is 5.82 Å². The Morgan fingerprint density at radius 3 is 2.68 bits per heavy atom. The van der Waals surface area contributed by atoms with E-state index in [0.717, 1.165) is 11.3 Å². The number of rotatable bonds is 4. The first-order valence-corrected chi connectivity index (χ1v) is 8.18. The highest BCUT2D eigenvalue weighted by molar-refractivity contribution is 6.31. The lowest BCUT2D eigenvalue weighted by atomic mass is 10.1. The number of benzene rings is 2. The van der Waals surface area contributed by atoms with Gasteiger partial charge in [0.15, 0.2) is 5.82 Å². The van der Waals surface area contributed by atoms with Gasteiger partial charge in [-0.3, -0.25) is 9.48 Å². The van der Waals surface area contributed by atoms with E-state index < -0.39 is 0 Å². The predicted molar refractivity (Wildman–Crippen MR) is 96.6 cm³/mol. The van der Waals surface area contributed by atoms with Crippen LogP contribution in [0.15, 0.2) is 48.5 Å². The molecule has 1 N–H and O–H groups in total. The Hall–Kier alpha value is -2.66. The molecule has 0 unspecified atom stereocenters. The highest BCUT2D eigenvalue weighted by atomic mass is 35.5. The van der Waals surface area contributed by atoms with Crippen molar-refractivity contribution in [3.63, 3.8) is 0 Å². The molecule has 0 fully saturated rings. The molecule has 1 heterocycles. The van der Waals surface area contributed by atoms with E-state index in [1.54, 1.807) is 28.9 Å². The zero-order valence-electron chi connectivity index (χ0n) is 13.9. The van der Waals surface area contributed by atoms with E-state index in [0.29, 0.717) is 22.0 Å². The van der Waals surface area contributed by atoms with Gasteiger partial charge in [-0.15, -0.1) is 0 Å². The van der Waals surface area contributed by atoms with Gasteiger partial charge in [0.25, 0.3) is 5.91 Å². The molecule has 0 saturated heterocycles. The Labute approximate surface area is 150 Å². The minimum atomic E-state index is -0.382. The Bertz CT molecular complexity index is 916. The molecule has 2 aromatic carbocycles. The summed E-state index contributed by atoms with van der Waals surface area (Å²) in [6.07, 6.45) is 0. The fourth-order valence-electron chi connectivity index (χ4n) is 2.58. The average molecular weight is 358 g/mol. The number of hydrogen-bond donors (Lipinski definition) is 1. The third-order valence-electron chi connectivity index (χ3n) is 3.98. The van der Waals surface area contributed by atoms with Gasteiger partial charge in [-0.25, -0.2) is 4.39 Å². The van der Waals surface area contributed by atoms with Crippen molar-refractivity contribution >= 4 is 23.3 Å². The molecule has 6 heteroatoms. The molecule has 0 aliphatic rings. The zero-order chi connectivity index (χ0) is 18.0. The van der Waals surface area contributed by atoms with E-state index in [1.807, 2.05) is 32.0 Å². The first-order valence-electron chi connectivity index (χ1n) is 7.80. The van der Waals surface area contributed by atoms with Crippen molar-refractivity contribution < 1.29 is 9.18 Å². The maximum absolute atomic E-state index is 14.0. The van der Waals surface area contributed by atoms with Crippen LogP contribution in [0.1, 0.15) is 27.2 Å². The highest BCUT2D eigenvalue weighted by Gasteiger charge is 2.14. The number of aromatic nitrogens is 2. The van der Waals surface area contributed by atoms with Gasteiger partial charge in [-0.1, -0.05) is 35.9 Å². The van der Waals surface area contributed by atoms with Crippen LogP contribution >= 0.6 is 11.6 Å². The Kier molecular flexibility index (Phi) is 4.86. The van der Waals surface area contributed by atoms with Crippen LogP contribution in [0.25, 0.3) is 0 Å². The van der Waals surface area contributed by atoms with Gasteiger partial charge in [0, 0.05) is 27.9 Å².